The van der Waals surface area contributed by atoms with Gasteiger partial charge in [0.05, 0.1) is 0 Å². The molecular weight excluding hydrogens is 198 g/mol. The van der Waals surface area contributed by atoms with Crippen LogP contribution in [0.25, 0.3) is 0 Å². The van der Waals surface area contributed by atoms with Crippen LogP contribution in [0.3, 0.4) is 0 Å². The minimum absolute atomic E-state index is 0.486. The summed E-state index contributed by atoms with van der Waals surface area (Å²) in [7, 11) is 0. The van der Waals surface area contributed by atoms with Crippen molar-refractivity contribution in [2.45, 2.75) is 32.7 Å². The van der Waals surface area contributed by atoms with Crippen LogP contribution in [0.15, 0.2) is 6.07 Å². The lowest BCUT2D eigenvalue weighted by molar-refractivity contribution is 0.689. The molecular formula is C10H14ClN3. The lowest BCUT2D eigenvalue weighted by Gasteiger charge is -2.13. The highest BCUT2D eigenvalue weighted by atomic mass is 35.5. The number of aromatic nitrogens is 2. The van der Waals surface area contributed by atoms with Crippen LogP contribution in [0.2, 0.25) is 5.15 Å². The maximum Gasteiger partial charge on any atom is 0.134 e. The van der Waals surface area contributed by atoms with Crippen LogP contribution in [0.1, 0.15) is 25.6 Å². The third kappa shape index (κ3) is 2.35. The molecule has 1 aromatic heterocycles. The summed E-state index contributed by atoms with van der Waals surface area (Å²) in [5, 5.41) is 3.85. The second-order valence-corrected chi connectivity index (χ2v) is 4.28. The molecule has 1 aliphatic rings. The van der Waals surface area contributed by atoms with Crippen molar-refractivity contribution in [3.05, 3.63) is 17.0 Å². The van der Waals surface area contributed by atoms with Crippen LogP contribution in [-0.2, 0) is 0 Å². The van der Waals surface area contributed by atoms with Gasteiger partial charge in [-0.25, -0.2) is 9.97 Å². The van der Waals surface area contributed by atoms with Crippen LogP contribution in [-0.4, -0.2) is 16.0 Å². The van der Waals surface area contributed by atoms with Crippen molar-refractivity contribution < 1.29 is 0 Å². The van der Waals surface area contributed by atoms with Gasteiger partial charge in [0.25, 0.3) is 0 Å². The van der Waals surface area contributed by atoms with E-state index in [0.29, 0.717) is 17.0 Å². The molecule has 0 radical (unpaired) electrons. The Bertz CT molecular complexity index is 316. The first kappa shape index (κ1) is 9.71. The number of aryl methyl sites for hydroxylation is 1. The van der Waals surface area contributed by atoms with Crippen molar-refractivity contribution in [2.24, 2.45) is 5.92 Å². The molecule has 0 saturated heterocycles. The molecule has 4 heteroatoms. The highest BCUT2D eigenvalue weighted by Gasteiger charge is 2.27. The predicted octanol–water partition coefficient (Wildman–Crippen LogP) is 2.65. The fourth-order valence-electron chi connectivity index (χ4n) is 1.55. The van der Waals surface area contributed by atoms with E-state index in [1.54, 1.807) is 6.07 Å². The molecule has 2 rings (SSSR count). The van der Waals surface area contributed by atoms with Crippen LogP contribution >= 0.6 is 11.6 Å². The number of nitrogens with zero attached hydrogens (tertiary/aromatic N) is 2. The van der Waals surface area contributed by atoms with Gasteiger partial charge in [-0.2, -0.15) is 0 Å². The maximum absolute atomic E-state index is 5.84. The quantitative estimate of drug-likeness (QED) is 0.782. The van der Waals surface area contributed by atoms with Gasteiger partial charge in [-0.1, -0.05) is 11.6 Å². The summed E-state index contributed by atoms with van der Waals surface area (Å²) in [4.78, 5) is 8.29. The van der Waals surface area contributed by atoms with E-state index in [1.165, 1.54) is 12.8 Å². The molecule has 1 heterocycles. The molecule has 14 heavy (non-hydrogen) atoms. The summed E-state index contributed by atoms with van der Waals surface area (Å²) >= 11 is 5.84. The third-order valence-electron chi connectivity index (χ3n) is 2.51. The number of rotatable bonds is 3. The van der Waals surface area contributed by atoms with Gasteiger partial charge in [-0.15, -0.1) is 0 Å². The van der Waals surface area contributed by atoms with Crippen molar-refractivity contribution in [2.75, 3.05) is 5.32 Å². The minimum Gasteiger partial charge on any atom is -0.367 e. The molecule has 0 spiro atoms. The Hall–Kier alpha value is -0.830. The highest BCUT2D eigenvalue weighted by Crippen LogP contribution is 2.33. The average molecular weight is 212 g/mol. The van der Waals surface area contributed by atoms with Gasteiger partial charge in [0, 0.05) is 12.1 Å². The van der Waals surface area contributed by atoms with E-state index in [4.69, 9.17) is 11.6 Å². The van der Waals surface area contributed by atoms with Crippen molar-refractivity contribution in [3.8, 4) is 0 Å². The zero-order valence-corrected chi connectivity index (χ0v) is 9.17. The van der Waals surface area contributed by atoms with E-state index in [2.05, 4.69) is 22.2 Å². The molecule has 1 aromatic rings. The molecule has 1 aliphatic carbocycles. The molecule has 1 unspecified atom stereocenters. The Morgan fingerprint density at radius 1 is 1.50 bits per heavy atom. The third-order valence-corrected chi connectivity index (χ3v) is 2.70. The predicted molar refractivity (Wildman–Crippen MR) is 57.6 cm³/mol. The number of halogens is 1. The zero-order valence-electron chi connectivity index (χ0n) is 8.42. The Morgan fingerprint density at radius 2 is 2.21 bits per heavy atom. The summed E-state index contributed by atoms with van der Waals surface area (Å²) in [6.45, 7) is 4.03. The van der Waals surface area contributed by atoms with E-state index < -0.39 is 0 Å². The first-order valence-corrected chi connectivity index (χ1v) is 5.30. The monoisotopic (exact) mass is 211 g/mol. The van der Waals surface area contributed by atoms with Gasteiger partial charge in [-0.05, 0) is 32.6 Å². The maximum atomic E-state index is 5.84. The van der Waals surface area contributed by atoms with Gasteiger partial charge in [0.1, 0.15) is 16.8 Å². The van der Waals surface area contributed by atoms with E-state index in [9.17, 15) is 0 Å². The SMILES string of the molecule is Cc1nc(Cl)cc(NC(C)C2CC2)n1. The molecule has 0 aliphatic heterocycles. The average Bonchev–Trinajstić information content (AvgIpc) is 2.82. The lowest BCUT2D eigenvalue weighted by atomic mass is 10.2. The number of anilines is 1. The second kappa shape index (κ2) is 3.73. The molecule has 0 aromatic carbocycles. The molecule has 1 N–H and O–H groups in total. The van der Waals surface area contributed by atoms with Crippen LogP contribution in [0, 0.1) is 12.8 Å². The molecule has 1 fully saturated rings. The largest absolute Gasteiger partial charge is 0.367 e. The van der Waals surface area contributed by atoms with Gasteiger partial charge < -0.3 is 5.32 Å². The first-order valence-electron chi connectivity index (χ1n) is 4.93. The number of nitrogens with one attached hydrogen (secondary N) is 1. The summed E-state index contributed by atoms with van der Waals surface area (Å²) in [5.74, 6) is 2.36. The standard InChI is InChI=1S/C10H14ClN3/c1-6(8-3-4-8)12-10-5-9(11)13-7(2)14-10/h5-6,8H,3-4H2,1-2H3,(H,12,13,14). The van der Waals surface area contributed by atoms with Gasteiger partial charge >= 0.3 is 0 Å². The topological polar surface area (TPSA) is 37.8 Å². The normalized spacial score (nSPS) is 17.9. The summed E-state index contributed by atoms with van der Waals surface area (Å²) in [6.07, 6.45) is 2.65. The van der Waals surface area contributed by atoms with Crippen LogP contribution in [0.4, 0.5) is 5.82 Å². The van der Waals surface area contributed by atoms with E-state index >= 15 is 0 Å². The van der Waals surface area contributed by atoms with E-state index in [1.807, 2.05) is 6.92 Å². The van der Waals surface area contributed by atoms with Crippen molar-refractivity contribution in [3.63, 3.8) is 0 Å². The fourth-order valence-corrected chi connectivity index (χ4v) is 1.78. The molecule has 1 atom stereocenters. The lowest BCUT2D eigenvalue weighted by Crippen LogP contribution is -2.18. The van der Waals surface area contributed by atoms with Gasteiger partial charge in [-0.3, -0.25) is 0 Å². The molecule has 0 amide bonds. The highest BCUT2D eigenvalue weighted by molar-refractivity contribution is 6.29. The minimum atomic E-state index is 0.486. The van der Waals surface area contributed by atoms with Crippen molar-refractivity contribution >= 4 is 17.4 Å². The van der Waals surface area contributed by atoms with E-state index in [-0.39, 0.29) is 0 Å². The summed E-state index contributed by atoms with van der Waals surface area (Å²) < 4.78 is 0. The fraction of sp³-hybridized carbons (Fsp3) is 0.600. The number of hydrogen-bond donors (Lipinski definition) is 1. The smallest absolute Gasteiger partial charge is 0.134 e. The van der Waals surface area contributed by atoms with Crippen LogP contribution in [0.5, 0.6) is 0 Å². The Labute approximate surface area is 88.9 Å². The van der Waals surface area contributed by atoms with Crippen molar-refractivity contribution in [1.29, 1.82) is 0 Å². The van der Waals surface area contributed by atoms with E-state index in [0.717, 1.165) is 11.7 Å². The Balaban J connectivity index is 2.07. The first-order chi connectivity index (χ1) is 6.65. The van der Waals surface area contributed by atoms with Gasteiger partial charge in [0.2, 0.25) is 0 Å². The number of hydrogen-bond acceptors (Lipinski definition) is 3. The van der Waals surface area contributed by atoms with Gasteiger partial charge in [0.15, 0.2) is 0 Å². The molecule has 0 bridgehead atoms. The zero-order chi connectivity index (χ0) is 10.1. The second-order valence-electron chi connectivity index (χ2n) is 3.89. The molecule has 1 saturated carbocycles. The summed E-state index contributed by atoms with van der Waals surface area (Å²) in [6, 6.07) is 2.26. The van der Waals surface area contributed by atoms with Crippen molar-refractivity contribution in [1.82, 2.24) is 9.97 Å². The summed E-state index contributed by atoms with van der Waals surface area (Å²) in [5.41, 5.74) is 0. The Kier molecular flexibility index (Phi) is 2.59. The molecule has 3 nitrogen and oxygen atoms in total. The molecule has 76 valence electrons. The Morgan fingerprint density at radius 3 is 2.79 bits per heavy atom. The van der Waals surface area contributed by atoms with Crippen LogP contribution < -0.4 is 5.32 Å².